The van der Waals surface area contributed by atoms with Gasteiger partial charge < -0.3 is 4.23 Å². The van der Waals surface area contributed by atoms with Gasteiger partial charge in [-0.05, 0) is 43.7 Å². The van der Waals surface area contributed by atoms with Crippen molar-refractivity contribution in [3.8, 4) is 0 Å². The Morgan fingerprint density at radius 2 is 1.71 bits per heavy atom. The highest BCUT2D eigenvalue weighted by atomic mass is 35.6. The van der Waals surface area contributed by atoms with Gasteiger partial charge in [-0.15, -0.1) is 11.1 Å². The number of hydrogen-bond donors (Lipinski definition) is 0. The third kappa shape index (κ3) is 2.10. The molecule has 0 aliphatic carbocycles. The molecule has 0 spiro atoms. The van der Waals surface area contributed by atoms with Gasteiger partial charge in [0.2, 0.25) is 7.55 Å². The standard InChI is InChI=1S/C10H24ClNSi2/c1-5-14(6-2,7-3)12-9-8-10-13(12,4)11/h5-10H2,1-4H3. The molecule has 14 heavy (non-hydrogen) atoms. The van der Waals surface area contributed by atoms with Gasteiger partial charge in [0, 0.05) is 0 Å². The molecule has 1 saturated heterocycles. The van der Waals surface area contributed by atoms with E-state index in [-0.39, 0.29) is 0 Å². The van der Waals surface area contributed by atoms with Crippen molar-refractivity contribution in [2.45, 2.75) is 57.9 Å². The Labute approximate surface area is 95.7 Å². The van der Waals surface area contributed by atoms with Crippen LogP contribution in [-0.4, -0.2) is 26.6 Å². The summed E-state index contributed by atoms with van der Waals surface area (Å²) < 4.78 is 2.82. The van der Waals surface area contributed by atoms with Crippen molar-refractivity contribution in [2.24, 2.45) is 0 Å². The number of rotatable bonds is 4. The molecule has 84 valence electrons. The highest BCUT2D eigenvalue weighted by molar-refractivity contribution is 7.21. The summed E-state index contributed by atoms with van der Waals surface area (Å²) >= 11 is 6.75. The maximum atomic E-state index is 6.75. The number of halogens is 1. The third-order valence-corrected chi connectivity index (χ3v) is 16.6. The van der Waals surface area contributed by atoms with E-state index in [0.29, 0.717) is 0 Å². The molecule has 1 rings (SSSR count). The topological polar surface area (TPSA) is 3.24 Å². The SMILES string of the molecule is CC[Si](CC)(CC)N1CCC[Si]1(C)Cl. The Kier molecular flexibility index (Phi) is 4.26. The lowest BCUT2D eigenvalue weighted by molar-refractivity contribution is 0.645. The zero-order chi connectivity index (χ0) is 10.8. The van der Waals surface area contributed by atoms with E-state index >= 15 is 0 Å². The minimum Gasteiger partial charge on any atom is -0.333 e. The van der Waals surface area contributed by atoms with Gasteiger partial charge in [0.25, 0.3) is 0 Å². The normalized spacial score (nSPS) is 29.8. The highest BCUT2D eigenvalue weighted by Crippen LogP contribution is 2.38. The van der Waals surface area contributed by atoms with Crippen molar-refractivity contribution < 1.29 is 0 Å². The van der Waals surface area contributed by atoms with Crippen molar-refractivity contribution in [1.29, 1.82) is 0 Å². The van der Waals surface area contributed by atoms with Crippen molar-refractivity contribution in [3.63, 3.8) is 0 Å². The Balaban J connectivity index is 2.88. The fourth-order valence-corrected chi connectivity index (χ4v) is 15.9. The van der Waals surface area contributed by atoms with E-state index < -0.39 is 15.8 Å². The number of hydrogen-bond acceptors (Lipinski definition) is 1. The largest absolute Gasteiger partial charge is 0.333 e. The summed E-state index contributed by atoms with van der Waals surface area (Å²) in [6.07, 6.45) is 1.35. The molecule has 0 aromatic rings. The molecule has 1 fully saturated rings. The van der Waals surface area contributed by atoms with Gasteiger partial charge in [0.1, 0.15) is 8.24 Å². The van der Waals surface area contributed by atoms with E-state index in [1.807, 2.05) is 0 Å². The molecule has 1 atom stereocenters. The van der Waals surface area contributed by atoms with E-state index in [4.69, 9.17) is 11.1 Å². The lowest BCUT2D eigenvalue weighted by atomic mass is 10.5. The van der Waals surface area contributed by atoms with Gasteiger partial charge in [-0.2, -0.15) is 0 Å². The van der Waals surface area contributed by atoms with Crippen molar-refractivity contribution in [2.75, 3.05) is 6.54 Å². The first kappa shape index (κ1) is 12.8. The summed E-state index contributed by atoms with van der Waals surface area (Å²) in [4.78, 5) is 0. The van der Waals surface area contributed by atoms with Crippen LogP contribution in [0.4, 0.5) is 0 Å². The third-order valence-electron chi connectivity index (χ3n) is 4.12. The lowest BCUT2D eigenvalue weighted by Crippen LogP contribution is -2.59. The molecule has 0 radical (unpaired) electrons. The monoisotopic (exact) mass is 249 g/mol. The van der Waals surface area contributed by atoms with Crippen LogP contribution in [0.1, 0.15) is 27.2 Å². The predicted octanol–water partition coefficient (Wildman–Crippen LogP) is 4.01. The first-order valence-corrected chi connectivity index (χ1v) is 12.2. The molecular weight excluding hydrogens is 226 g/mol. The fraction of sp³-hybridized carbons (Fsp3) is 1.00. The van der Waals surface area contributed by atoms with E-state index in [1.54, 1.807) is 0 Å². The highest BCUT2D eigenvalue weighted by Gasteiger charge is 2.48. The summed E-state index contributed by atoms with van der Waals surface area (Å²) in [5, 5.41) is 0. The predicted molar refractivity (Wildman–Crippen MR) is 70.8 cm³/mol. The van der Waals surface area contributed by atoms with Gasteiger partial charge in [0.05, 0.1) is 0 Å². The zero-order valence-electron chi connectivity index (χ0n) is 10.1. The molecule has 0 aromatic carbocycles. The summed E-state index contributed by atoms with van der Waals surface area (Å²) in [7, 11) is -2.66. The van der Waals surface area contributed by atoms with E-state index in [1.165, 1.54) is 37.1 Å². The average Bonchev–Trinajstić information content (AvgIpc) is 2.51. The van der Waals surface area contributed by atoms with Crippen LogP contribution in [0, 0.1) is 0 Å². The Morgan fingerprint density at radius 3 is 2.00 bits per heavy atom. The second-order valence-electron chi connectivity index (χ2n) is 4.68. The summed E-state index contributed by atoms with van der Waals surface area (Å²) in [6, 6.07) is 5.46. The molecule has 1 aliphatic rings. The van der Waals surface area contributed by atoms with Crippen LogP contribution >= 0.6 is 11.1 Å². The van der Waals surface area contributed by atoms with Crippen molar-refractivity contribution in [3.05, 3.63) is 0 Å². The van der Waals surface area contributed by atoms with Gasteiger partial charge in [-0.3, -0.25) is 0 Å². The zero-order valence-corrected chi connectivity index (χ0v) is 12.8. The molecule has 0 amide bonds. The molecule has 1 heterocycles. The molecule has 1 unspecified atom stereocenters. The van der Waals surface area contributed by atoms with Crippen molar-refractivity contribution in [1.82, 2.24) is 4.23 Å². The average molecular weight is 250 g/mol. The van der Waals surface area contributed by atoms with Crippen LogP contribution in [-0.2, 0) is 0 Å². The van der Waals surface area contributed by atoms with E-state index in [9.17, 15) is 0 Å². The van der Waals surface area contributed by atoms with Crippen LogP contribution in [0.2, 0.25) is 30.7 Å². The quantitative estimate of drug-likeness (QED) is 0.538. The Bertz CT molecular complexity index is 184. The second-order valence-corrected chi connectivity index (χ2v) is 16.0. The molecule has 0 aromatic heterocycles. The summed E-state index contributed by atoms with van der Waals surface area (Å²) in [5.41, 5.74) is 0. The van der Waals surface area contributed by atoms with Gasteiger partial charge in [-0.25, -0.2) is 0 Å². The van der Waals surface area contributed by atoms with Crippen LogP contribution < -0.4 is 0 Å². The molecule has 4 heteroatoms. The second kappa shape index (κ2) is 4.68. The minimum atomic E-state index is -1.50. The number of nitrogens with zero attached hydrogens (tertiary/aromatic N) is 1. The fourth-order valence-electron chi connectivity index (χ4n) is 2.98. The minimum absolute atomic E-state index is 1.16. The molecule has 1 nitrogen and oxygen atoms in total. The molecule has 0 bridgehead atoms. The van der Waals surface area contributed by atoms with Gasteiger partial charge in [0.15, 0.2) is 0 Å². The van der Waals surface area contributed by atoms with Crippen LogP contribution in [0.3, 0.4) is 0 Å². The summed E-state index contributed by atoms with van der Waals surface area (Å²) in [5.74, 6) is 0. The first-order valence-electron chi connectivity index (χ1n) is 5.99. The lowest BCUT2D eigenvalue weighted by Gasteiger charge is -2.44. The molecule has 0 saturated carbocycles. The maximum Gasteiger partial charge on any atom is 0.219 e. The van der Waals surface area contributed by atoms with Crippen LogP contribution in [0.5, 0.6) is 0 Å². The Morgan fingerprint density at radius 1 is 1.21 bits per heavy atom. The first-order chi connectivity index (χ1) is 6.52. The van der Waals surface area contributed by atoms with Gasteiger partial charge in [-0.1, -0.05) is 20.8 Å². The molecular formula is C10H24ClNSi2. The smallest absolute Gasteiger partial charge is 0.219 e. The molecule has 0 N–H and O–H groups in total. The maximum absolute atomic E-state index is 6.75. The van der Waals surface area contributed by atoms with Crippen molar-refractivity contribution >= 4 is 26.9 Å². The summed E-state index contributed by atoms with van der Waals surface area (Å²) in [6.45, 7) is 10.8. The van der Waals surface area contributed by atoms with E-state index in [0.717, 1.165) is 0 Å². The van der Waals surface area contributed by atoms with Crippen LogP contribution in [0.15, 0.2) is 0 Å². The Hall–Kier alpha value is 0.684. The van der Waals surface area contributed by atoms with Gasteiger partial charge >= 0.3 is 0 Å². The van der Waals surface area contributed by atoms with E-state index in [2.05, 4.69) is 31.5 Å². The van der Waals surface area contributed by atoms with Crippen LogP contribution in [0.25, 0.3) is 0 Å². The molecule has 1 aliphatic heterocycles.